The standard InChI is InChI=1S/C79H153NO5/c1-3-5-7-9-11-13-15-17-19-21-23-24-25-26-29-32-36-39-43-47-51-55-59-63-67-71-77(82)76(75-81)80-78(83)72-68-64-60-56-52-48-44-40-37-33-30-27-28-31-34-38-42-46-50-54-58-62-66-70-74-85-79(84)73-69-65-61-57-53-49-45-41-35-22-20-18-16-14-12-10-8-6-4-2/h12,14,18,20,76-77,81-82H,3-11,13,15-17,19,21-75H2,1-2H3,(H,80,83)/b14-12-,20-18-. The van der Waals surface area contributed by atoms with E-state index in [0.717, 1.165) is 51.4 Å². The van der Waals surface area contributed by atoms with Crippen LogP contribution in [0.4, 0.5) is 0 Å². The molecule has 504 valence electrons. The molecule has 0 rings (SSSR count). The Bertz CT molecular complexity index is 1330. The quantitative estimate of drug-likeness (QED) is 0.0320. The van der Waals surface area contributed by atoms with Crippen LogP contribution in [0.1, 0.15) is 444 Å². The Hall–Kier alpha value is -1.66. The maximum atomic E-state index is 12.6. The van der Waals surface area contributed by atoms with Crippen molar-refractivity contribution in [3.8, 4) is 0 Å². The van der Waals surface area contributed by atoms with Crippen LogP contribution < -0.4 is 5.32 Å². The summed E-state index contributed by atoms with van der Waals surface area (Å²) in [5.74, 6) is -0.0150. The fourth-order valence-corrected chi connectivity index (χ4v) is 12.6. The molecular weight excluding hydrogens is 1040 g/mol. The Labute approximate surface area is 532 Å². The van der Waals surface area contributed by atoms with Crippen LogP contribution in [0, 0.1) is 0 Å². The fourth-order valence-electron chi connectivity index (χ4n) is 12.6. The number of aliphatic hydroxyl groups excluding tert-OH is 2. The zero-order valence-electron chi connectivity index (χ0n) is 57.9. The molecule has 0 saturated heterocycles. The lowest BCUT2D eigenvalue weighted by Crippen LogP contribution is -2.45. The maximum absolute atomic E-state index is 12.6. The van der Waals surface area contributed by atoms with E-state index in [2.05, 4.69) is 43.5 Å². The number of carbonyl (C=O) groups excluding carboxylic acids is 2. The summed E-state index contributed by atoms with van der Waals surface area (Å²) in [4.78, 5) is 24.7. The normalized spacial score (nSPS) is 12.6. The highest BCUT2D eigenvalue weighted by atomic mass is 16.5. The third kappa shape index (κ3) is 71.3. The number of unbranched alkanes of at least 4 members (excludes halogenated alkanes) is 59. The summed E-state index contributed by atoms with van der Waals surface area (Å²) in [5.41, 5.74) is 0. The van der Waals surface area contributed by atoms with Gasteiger partial charge in [0.05, 0.1) is 25.4 Å². The zero-order valence-corrected chi connectivity index (χ0v) is 57.9. The van der Waals surface area contributed by atoms with Crippen LogP contribution >= 0.6 is 0 Å². The number of rotatable bonds is 74. The molecule has 2 unspecified atom stereocenters. The van der Waals surface area contributed by atoms with Crippen molar-refractivity contribution in [3.05, 3.63) is 24.3 Å². The second-order valence-electron chi connectivity index (χ2n) is 27.0. The van der Waals surface area contributed by atoms with E-state index >= 15 is 0 Å². The van der Waals surface area contributed by atoms with Crippen LogP contribution in [0.5, 0.6) is 0 Å². The van der Waals surface area contributed by atoms with E-state index in [9.17, 15) is 19.8 Å². The van der Waals surface area contributed by atoms with Gasteiger partial charge >= 0.3 is 5.97 Å². The molecule has 2 atom stereocenters. The van der Waals surface area contributed by atoms with Crippen LogP contribution in [0.25, 0.3) is 0 Å². The average molecular weight is 1200 g/mol. The van der Waals surface area contributed by atoms with Gasteiger partial charge in [0.1, 0.15) is 0 Å². The summed E-state index contributed by atoms with van der Waals surface area (Å²) in [7, 11) is 0. The highest BCUT2D eigenvalue weighted by Crippen LogP contribution is 2.20. The summed E-state index contributed by atoms with van der Waals surface area (Å²) in [6.45, 7) is 4.98. The van der Waals surface area contributed by atoms with Crippen molar-refractivity contribution in [2.45, 2.75) is 456 Å². The van der Waals surface area contributed by atoms with Crippen molar-refractivity contribution in [1.29, 1.82) is 0 Å². The first kappa shape index (κ1) is 83.3. The molecule has 0 heterocycles. The Morgan fingerprint density at radius 1 is 0.329 bits per heavy atom. The van der Waals surface area contributed by atoms with Gasteiger partial charge in [0.25, 0.3) is 0 Å². The largest absolute Gasteiger partial charge is 0.466 e. The Morgan fingerprint density at radius 3 is 0.918 bits per heavy atom. The van der Waals surface area contributed by atoms with Gasteiger partial charge in [-0.2, -0.15) is 0 Å². The van der Waals surface area contributed by atoms with E-state index in [1.54, 1.807) is 0 Å². The SMILES string of the molecule is CCCCC/C=C\C/C=C\CCCCCCCCCCCC(=O)OCCCCCCCCCCCCCCCCCCCCCCCCCCC(=O)NC(CO)C(O)CCCCCCCCCCCCCCCCCCCCCCCCCCC. The van der Waals surface area contributed by atoms with Crippen molar-refractivity contribution in [3.63, 3.8) is 0 Å². The lowest BCUT2D eigenvalue weighted by molar-refractivity contribution is -0.143. The second kappa shape index (κ2) is 74.8. The molecule has 0 aromatic rings. The number of ether oxygens (including phenoxy) is 1. The molecule has 1 amide bonds. The van der Waals surface area contributed by atoms with Crippen molar-refractivity contribution in [2.75, 3.05) is 13.2 Å². The van der Waals surface area contributed by atoms with E-state index in [1.807, 2.05) is 0 Å². The van der Waals surface area contributed by atoms with E-state index in [1.165, 1.54) is 360 Å². The predicted molar refractivity (Wildman–Crippen MR) is 375 cm³/mol. The monoisotopic (exact) mass is 1200 g/mol. The van der Waals surface area contributed by atoms with Crippen LogP contribution in [0.15, 0.2) is 24.3 Å². The highest BCUT2D eigenvalue weighted by Gasteiger charge is 2.20. The van der Waals surface area contributed by atoms with Crippen molar-refractivity contribution in [1.82, 2.24) is 5.32 Å². The minimum atomic E-state index is -0.665. The number of aliphatic hydroxyl groups is 2. The molecule has 0 aromatic carbocycles. The molecule has 85 heavy (non-hydrogen) atoms. The summed E-state index contributed by atoms with van der Waals surface area (Å²) in [6, 6.07) is -0.542. The first-order chi connectivity index (χ1) is 42.0. The van der Waals surface area contributed by atoms with Gasteiger partial charge in [0.2, 0.25) is 5.91 Å². The molecule has 0 bridgehead atoms. The second-order valence-corrected chi connectivity index (χ2v) is 27.0. The minimum Gasteiger partial charge on any atom is -0.466 e. The molecule has 0 aliphatic heterocycles. The highest BCUT2D eigenvalue weighted by molar-refractivity contribution is 5.76. The molecule has 0 aliphatic rings. The van der Waals surface area contributed by atoms with Gasteiger partial charge in [-0.3, -0.25) is 9.59 Å². The first-order valence-corrected chi connectivity index (χ1v) is 39.1. The average Bonchev–Trinajstić information content (AvgIpc) is 3.51. The van der Waals surface area contributed by atoms with Gasteiger partial charge in [0.15, 0.2) is 0 Å². The topological polar surface area (TPSA) is 95.9 Å². The summed E-state index contributed by atoms with van der Waals surface area (Å²) < 4.78 is 5.51. The minimum absolute atomic E-state index is 0.0130. The molecule has 0 radical (unpaired) electrons. The number of amides is 1. The molecular formula is C79H153NO5. The van der Waals surface area contributed by atoms with Gasteiger partial charge in [0, 0.05) is 12.8 Å². The molecule has 0 aromatic heterocycles. The van der Waals surface area contributed by atoms with Crippen molar-refractivity contribution in [2.24, 2.45) is 0 Å². The van der Waals surface area contributed by atoms with Crippen LogP contribution in [-0.4, -0.2) is 47.4 Å². The van der Waals surface area contributed by atoms with Crippen LogP contribution in [0.2, 0.25) is 0 Å². The number of allylic oxidation sites excluding steroid dienone is 4. The Kier molecular flexibility index (Phi) is 73.3. The lowest BCUT2D eigenvalue weighted by Gasteiger charge is -2.22. The number of hydrogen-bond acceptors (Lipinski definition) is 5. The maximum Gasteiger partial charge on any atom is 0.305 e. The number of hydrogen-bond donors (Lipinski definition) is 3. The number of nitrogens with one attached hydrogen (secondary N) is 1. The van der Waals surface area contributed by atoms with E-state index in [4.69, 9.17) is 4.74 Å². The van der Waals surface area contributed by atoms with Crippen LogP contribution in [0.3, 0.4) is 0 Å². The van der Waals surface area contributed by atoms with Crippen LogP contribution in [-0.2, 0) is 14.3 Å². The van der Waals surface area contributed by atoms with Gasteiger partial charge < -0.3 is 20.3 Å². The third-order valence-electron chi connectivity index (χ3n) is 18.5. The van der Waals surface area contributed by atoms with E-state index < -0.39 is 12.1 Å². The molecule has 6 heteroatoms. The Balaban J connectivity index is 3.36. The third-order valence-corrected chi connectivity index (χ3v) is 18.5. The Morgan fingerprint density at radius 2 is 0.588 bits per heavy atom. The van der Waals surface area contributed by atoms with Gasteiger partial charge in [-0.05, 0) is 57.8 Å². The zero-order chi connectivity index (χ0) is 61.3. The number of carbonyl (C=O) groups is 2. The molecule has 0 aliphatic carbocycles. The fraction of sp³-hybridized carbons (Fsp3) is 0.924. The first-order valence-electron chi connectivity index (χ1n) is 39.1. The summed E-state index contributed by atoms with van der Waals surface area (Å²) >= 11 is 0. The van der Waals surface area contributed by atoms with E-state index in [-0.39, 0.29) is 18.5 Å². The van der Waals surface area contributed by atoms with Crippen molar-refractivity contribution < 1.29 is 24.5 Å². The molecule has 6 nitrogen and oxygen atoms in total. The molecule has 0 saturated carbocycles. The molecule has 0 spiro atoms. The summed E-state index contributed by atoms with van der Waals surface area (Å²) in [6.07, 6.45) is 95.4. The molecule has 3 N–H and O–H groups in total. The van der Waals surface area contributed by atoms with E-state index in [0.29, 0.717) is 25.9 Å². The smallest absolute Gasteiger partial charge is 0.305 e. The predicted octanol–water partition coefficient (Wildman–Crippen LogP) is 25.7. The summed E-state index contributed by atoms with van der Waals surface area (Å²) in [5, 5.41) is 23.5. The molecule has 0 fully saturated rings. The van der Waals surface area contributed by atoms with Gasteiger partial charge in [-0.15, -0.1) is 0 Å². The lowest BCUT2D eigenvalue weighted by atomic mass is 10.0. The van der Waals surface area contributed by atoms with Gasteiger partial charge in [-0.25, -0.2) is 0 Å². The van der Waals surface area contributed by atoms with Gasteiger partial charge in [-0.1, -0.05) is 398 Å². The number of esters is 1. The van der Waals surface area contributed by atoms with Crippen molar-refractivity contribution >= 4 is 11.9 Å².